The van der Waals surface area contributed by atoms with Crippen molar-refractivity contribution in [3.05, 3.63) is 58.5 Å². The lowest BCUT2D eigenvalue weighted by Crippen LogP contribution is -2.13. The molecule has 0 atom stereocenters. The Morgan fingerprint density at radius 1 is 1.25 bits per heavy atom. The summed E-state index contributed by atoms with van der Waals surface area (Å²) in [7, 11) is 0. The van der Waals surface area contributed by atoms with Crippen LogP contribution < -0.4 is 11.4 Å². The number of thioether (sulfide) groups is 1. The normalized spacial score (nSPS) is 11.6. The molecule has 0 fully saturated rings. The highest BCUT2D eigenvalue weighted by Crippen LogP contribution is 2.27. The van der Waals surface area contributed by atoms with Gasteiger partial charge in [0.05, 0.1) is 17.6 Å². The lowest BCUT2D eigenvalue weighted by atomic mass is 10.2. The van der Waals surface area contributed by atoms with E-state index in [9.17, 15) is 4.79 Å². The fourth-order valence-corrected chi connectivity index (χ4v) is 3.75. The topological polar surface area (TPSA) is 129 Å². The van der Waals surface area contributed by atoms with Gasteiger partial charge in [0.15, 0.2) is 5.82 Å². The number of H-pyrrole nitrogens is 1. The smallest absolute Gasteiger partial charge is 0.294 e. The molecule has 0 amide bonds. The van der Waals surface area contributed by atoms with E-state index in [1.54, 1.807) is 18.4 Å². The second kappa shape index (κ2) is 6.27. The maximum absolute atomic E-state index is 12.4. The Morgan fingerprint density at radius 2 is 2.11 bits per heavy atom. The first-order chi connectivity index (χ1) is 13.6. The monoisotopic (exact) mass is 394 g/mol. The van der Waals surface area contributed by atoms with E-state index >= 15 is 0 Å². The Morgan fingerprint density at radius 3 is 2.93 bits per heavy atom. The Hall–Kier alpha value is -3.53. The Labute approximate surface area is 161 Å². The molecule has 0 spiro atoms. The van der Waals surface area contributed by atoms with Gasteiger partial charge in [0.1, 0.15) is 22.7 Å². The molecular weight excluding hydrogens is 380 g/mol. The quantitative estimate of drug-likeness (QED) is 0.352. The zero-order valence-electron chi connectivity index (χ0n) is 14.7. The molecule has 10 heteroatoms. The maximum Gasteiger partial charge on any atom is 0.294 e. The zero-order chi connectivity index (χ0) is 19.3. The molecule has 0 unspecified atom stereocenters. The number of aromatic nitrogens is 5. The number of rotatable bonds is 4. The third-order valence-corrected chi connectivity index (χ3v) is 5.34. The van der Waals surface area contributed by atoms with E-state index in [-0.39, 0.29) is 11.1 Å². The molecule has 4 heterocycles. The molecule has 5 aromatic rings. The second-order valence-electron chi connectivity index (χ2n) is 6.14. The molecule has 0 aliphatic carbocycles. The minimum atomic E-state index is -0.319. The van der Waals surface area contributed by atoms with Gasteiger partial charge in [-0.05, 0) is 25.1 Å². The number of fused-ring (bicyclic) bond motifs is 3. The van der Waals surface area contributed by atoms with E-state index in [4.69, 9.17) is 14.7 Å². The van der Waals surface area contributed by atoms with E-state index in [1.807, 2.05) is 25.1 Å². The molecule has 140 valence electrons. The number of benzene rings is 1. The van der Waals surface area contributed by atoms with Crippen molar-refractivity contribution in [1.29, 1.82) is 0 Å². The van der Waals surface area contributed by atoms with Crippen LogP contribution in [-0.4, -0.2) is 24.8 Å². The summed E-state index contributed by atoms with van der Waals surface area (Å²) in [6.07, 6.45) is 1.57. The molecule has 4 aromatic heterocycles. The number of aryl methyl sites for hydroxylation is 1. The van der Waals surface area contributed by atoms with Gasteiger partial charge in [-0.15, -0.1) is 10.2 Å². The lowest BCUT2D eigenvalue weighted by molar-refractivity contribution is 0.535. The number of nitrogens with one attached hydrogen (secondary N) is 1. The van der Waals surface area contributed by atoms with Gasteiger partial charge in [-0.25, -0.2) is 9.66 Å². The maximum atomic E-state index is 12.4. The van der Waals surface area contributed by atoms with Crippen LogP contribution in [0.3, 0.4) is 0 Å². The van der Waals surface area contributed by atoms with E-state index in [0.717, 1.165) is 10.9 Å². The van der Waals surface area contributed by atoms with Crippen molar-refractivity contribution < 1.29 is 8.83 Å². The minimum Gasteiger partial charge on any atom is -0.469 e. The summed E-state index contributed by atoms with van der Waals surface area (Å²) in [6, 6.07) is 9.20. The van der Waals surface area contributed by atoms with E-state index < -0.39 is 0 Å². The summed E-state index contributed by atoms with van der Waals surface area (Å²) in [5.41, 5.74) is 1.84. The van der Waals surface area contributed by atoms with Crippen LogP contribution in [0.1, 0.15) is 11.6 Å². The van der Waals surface area contributed by atoms with Gasteiger partial charge in [0.2, 0.25) is 10.7 Å². The summed E-state index contributed by atoms with van der Waals surface area (Å²) in [6.45, 7) is 1.83. The largest absolute Gasteiger partial charge is 0.469 e. The summed E-state index contributed by atoms with van der Waals surface area (Å²) < 4.78 is 12.3. The van der Waals surface area contributed by atoms with E-state index in [1.165, 1.54) is 16.4 Å². The number of nitrogen functional groups attached to an aromatic ring is 1. The molecule has 3 N–H and O–H groups in total. The number of aromatic amines is 1. The third kappa shape index (κ3) is 2.57. The van der Waals surface area contributed by atoms with Gasteiger partial charge in [-0.1, -0.05) is 23.9 Å². The van der Waals surface area contributed by atoms with Crippen LogP contribution in [0.4, 0.5) is 0 Å². The summed E-state index contributed by atoms with van der Waals surface area (Å²) in [5.74, 6) is 8.20. The summed E-state index contributed by atoms with van der Waals surface area (Å²) in [4.78, 5) is 19.7. The van der Waals surface area contributed by atoms with Crippen LogP contribution in [0.2, 0.25) is 0 Å². The molecule has 0 saturated heterocycles. The standard InChI is InChI=1S/C18H14N6O3S/c1-9-10(6-7-26-9)16-22-23-18(24(16)19)28-8-13-20-14-11-4-2-3-5-12(11)27-15(14)17(25)21-13/h2-7H,8,19H2,1H3,(H,20,21,25). The first-order valence-electron chi connectivity index (χ1n) is 8.40. The van der Waals surface area contributed by atoms with Gasteiger partial charge in [0, 0.05) is 5.39 Å². The number of para-hydroxylation sites is 1. The van der Waals surface area contributed by atoms with Crippen molar-refractivity contribution in [3.63, 3.8) is 0 Å². The van der Waals surface area contributed by atoms with Crippen LogP contribution in [-0.2, 0) is 5.75 Å². The highest BCUT2D eigenvalue weighted by atomic mass is 32.2. The molecule has 5 rings (SSSR count). The summed E-state index contributed by atoms with van der Waals surface area (Å²) >= 11 is 1.32. The van der Waals surface area contributed by atoms with Crippen molar-refractivity contribution in [2.45, 2.75) is 17.8 Å². The van der Waals surface area contributed by atoms with Crippen LogP contribution >= 0.6 is 11.8 Å². The lowest BCUT2D eigenvalue weighted by Gasteiger charge is -2.03. The van der Waals surface area contributed by atoms with Crippen molar-refractivity contribution in [2.24, 2.45) is 0 Å². The van der Waals surface area contributed by atoms with Crippen LogP contribution in [0.5, 0.6) is 0 Å². The molecule has 9 nitrogen and oxygen atoms in total. The number of nitrogens with zero attached hydrogens (tertiary/aromatic N) is 4. The van der Waals surface area contributed by atoms with Crippen molar-refractivity contribution >= 4 is 33.8 Å². The number of nitrogens with two attached hydrogens (primary N) is 1. The fraction of sp³-hybridized carbons (Fsp3) is 0.111. The van der Waals surface area contributed by atoms with Crippen LogP contribution in [0.25, 0.3) is 33.5 Å². The molecule has 0 aliphatic heterocycles. The van der Waals surface area contributed by atoms with Gasteiger partial charge in [0.25, 0.3) is 5.56 Å². The molecule has 0 bridgehead atoms. The molecule has 0 aliphatic rings. The SMILES string of the molecule is Cc1occc1-c1nnc(SCc2nc3c(oc4ccccc43)c(=O)[nH]2)n1N. The number of hydrogen-bond donors (Lipinski definition) is 2. The summed E-state index contributed by atoms with van der Waals surface area (Å²) in [5, 5.41) is 9.55. The van der Waals surface area contributed by atoms with Gasteiger partial charge in [-0.2, -0.15) is 0 Å². The molecule has 28 heavy (non-hydrogen) atoms. The van der Waals surface area contributed by atoms with Crippen LogP contribution in [0.15, 0.2) is 55.4 Å². The zero-order valence-corrected chi connectivity index (χ0v) is 15.5. The molecule has 0 radical (unpaired) electrons. The Balaban J connectivity index is 1.47. The molecule has 0 saturated carbocycles. The average molecular weight is 394 g/mol. The molecular formula is C18H14N6O3S. The number of furan rings is 2. The van der Waals surface area contributed by atoms with Crippen molar-refractivity contribution in [1.82, 2.24) is 24.8 Å². The minimum absolute atomic E-state index is 0.217. The van der Waals surface area contributed by atoms with Gasteiger partial charge in [-0.3, -0.25) is 4.79 Å². The van der Waals surface area contributed by atoms with Crippen molar-refractivity contribution in [3.8, 4) is 11.4 Å². The molecule has 1 aromatic carbocycles. The first kappa shape index (κ1) is 16.6. The predicted molar refractivity (Wildman–Crippen MR) is 104 cm³/mol. The average Bonchev–Trinajstić information content (AvgIpc) is 3.38. The van der Waals surface area contributed by atoms with E-state index in [2.05, 4.69) is 20.2 Å². The van der Waals surface area contributed by atoms with Crippen molar-refractivity contribution in [2.75, 3.05) is 5.84 Å². The number of hydrogen-bond acceptors (Lipinski definition) is 8. The second-order valence-corrected chi connectivity index (χ2v) is 7.09. The predicted octanol–water partition coefficient (Wildman–Crippen LogP) is 2.84. The first-order valence-corrected chi connectivity index (χ1v) is 9.38. The fourth-order valence-electron chi connectivity index (χ4n) is 3.02. The highest BCUT2D eigenvalue weighted by molar-refractivity contribution is 7.98. The van der Waals surface area contributed by atoms with E-state index in [0.29, 0.717) is 39.4 Å². The van der Waals surface area contributed by atoms with Crippen LogP contribution in [0, 0.1) is 6.92 Å². The third-order valence-electron chi connectivity index (χ3n) is 4.38. The Bertz CT molecular complexity index is 1380. The highest BCUT2D eigenvalue weighted by Gasteiger charge is 2.17. The Kier molecular flexibility index (Phi) is 3.72. The van der Waals surface area contributed by atoms with Gasteiger partial charge < -0.3 is 19.7 Å². The van der Waals surface area contributed by atoms with Gasteiger partial charge >= 0.3 is 0 Å².